The summed E-state index contributed by atoms with van der Waals surface area (Å²) in [5, 5.41) is 9.03. The fourth-order valence-corrected chi connectivity index (χ4v) is 3.18. The van der Waals surface area contributed by atoms with Crippen LogP contribution in [0.4, 0.5) is 5.69 Å². The number of unbranched alkanes of at least 4 members (excludes halogenated alkanes) is 2. The highest BCUT2D eigenvalue weighted by Gasteiger charge is 2.33. The number of hydrogen-bond donors (Lipinski definition) is 2. The molecule has 7 heteroatoms. The second kappa shape index (κ2) is 8.80. The summed E-state index contributed by atoms with van der Waals surface area (Å²) in [7, 11) is 1.64. The molecule has 1 aromatic carbocycles. The van der Waals surface area contributed by atoms with Crippen LogP contribution in [0.1, 0.15) is 48.5 Å². The summed E-state index contributed by atoms with van der Waals surface area (Å²) in [6.07, 6.45) is 3.63. The number of nitrogens with two attached hydrogens (primary N) is 1. The molecule has 3 N–H and O–H groups in total. The molecular weight excluding hydrogens is 334 g/mol. The number of benzene rings is 1. The van der Waals surface area contributed by atoms with Crippen molar-refractivity contribution in [1.82, 2.24) is 4.90 Å². The number of carboxylic acid groups (broad SMARTS) is 1. The van der Waals surface area contributed by atoms with Crippen LogP contribution < -0.4 is 10.6 Å². The third kappa shape index (κ3) is 4.60. The maximum absolute atomic E-state index is 13.0. The lowest BCUT2D eigenvalue weighted by Crippen LogP contribution is -2.43. The van der Waals surface area contributed by atoms with Crippen molar-refractivity contribution in [2.75, 3.05) is 25.0 Å². The summed E-state index contributed by atoms with van der Waals surface area (Å²) in [5.74, 6) is -1.52. The van der Waals surface area contributed by atoms with E-state index in [1.54, 1.807) is 20.0 Å². The fourth-order valence-electron chi connectivity index (χ4n) is 3.18. The summed E-state index contributed by atoms with van der Waals surface area (Å²) in [6, 6.07) is 5.01. The van der Waals surface area contributed by atoms with Gasteiger partial charge in [-0.05, 0) is 50.4 Å². The molecule has 0 fully saturated rings. The first-order chi connectivity index (χ1) is 12.3. The van der Waals surface area contributed by atoms with E-state index < -0.39 is 12.0 Å². The van der Waals surface area contributed by atoms with Gasteiger partial charge in [0.2, 0.25) is 5.91 Å². The molecule has 1 aromatic rings. The normalized spacial score (nSPS) is 15.7. The summed E-state index contributed by atoms with van der Waals surface area (Å²) in [6.45, 7) is 2.21. The van der Waals surface area contributed by atoms with E-state index in [9.17, 15) is 14.4 Å². The second-order valence-corrected chi connectivity index (χ2v) is 6.78. The zero-order valence-electron chi connectivity index (χ0n) is 15.4. The highest BCUT2D eigenvalue weighted by Crippen LogP contribution is 2.28. The van der Waals surface area contributed by atoms with Crippen LogP contribution in [0.2, 0.25) is 0 Å². The Bertz CT molecular complexity index is 689. The molecular formula is C19H27N3O4. The SMILES string of the molecule is CC(CC(=O)O)N1CC(=O)N(C)c2ccc(CCCCCN)cc2C1=O. The first-order valence-corrected chi connectivity index (χ1v) is 8.97. The number of nitrogens with zero attached hydrogens (tertiary/aromatic N) is 2. The predicted octanol–water partition coefficient (Wildman–Crippen LogP) is 1.64. The van der Waals surface area contributed by atoms with Gasteiger partial charge in [0, 0.05) is 13.1 Å². The van der Waals surface area contributed by atoms with Crippen molar-refractivity contribution in [3.05, 3.63) is 29.3 Å². The van der Waals surface area contributed by atoms with Gasteiger partial charge >= 0.3 is 5.97 Å². The maximum atomic E-state index is 13.0. The third-order valence-electron chi connectivity index (χ3n) is 4.76. The average molecular weight is 361 g/mol. The first-order valence-electron chi connectivity index (χ1n) is 8.97. The van der Waals surface area contributed by atoms with Crippen molar-refractivity contribution in [3.63, 3.8) is 0 Å². The predicted molar refractivity (Wildman–Crippen MR) is 99.2 cm³/mol. The molecule has 1 unspecified atom stereocenters. The van der Waals surface area contributed by atoms with Crippen molar-refractivity contribution in [2.45, 2.75) is 45.1 Å². The van der Waals surface area contributed by atoms with E-state index in [1.807, 2.05) is 12.1 Å². The number of likely N-dealkylation sites (N-methyl/N-ethyl adjacent to an activating group) is 1. The average Bonchev–Trinajstić information content (AvgIpc) is 2.69. The second-order valence-electron chi connectivity index (χ2n) is 6.78. The molecule has 0 bridgehead atoms. The van der Waals surface area contributed by atoms with Crippen LogP contribution in [0.15, 0.2) is 18.2 Å². The third-order valence-corrected chi connectivity index (χ3v) is 4.76. The van der Waals surface area contributed by atoms with Crippen molar-refractivity contribution < 1.29 is 19.5 Å². The Balaban J connectivity index is 2.29. The number of carbonyl (C=O) groups excluding carboxylic acids is 2. The molecule has 0 aromatic heterocycles. The monoisotopic (exact) mass is 361 g/mol. The van der Waals surface area contributed by atoms with Crippen LogP contribution >= 0.6 is 0 Å². The van der Waals surface area contributed by atoms with Gasteiger partial charge < -0.3 is 20.6 Å². The van der Waals surface area contributed by atoms with Crippen molar-refractivity contribution >= 4 is 23.5 Å². The summed E-state index contributed by atoms with van der Waals surface area (Å²) < 4.78 is 0. The van der Waals surface area contributed by atoms with Gasteiger partial charge in [-0.15, -0.1) is 0 Å². The summed E-state index contributed by atoms with van der Waals surface area (Å²) >= 11 is 0. The standard InChI is InChI=1S/C19H27N3O4/c1-13(10-18(24)25)22-12-17(23)21(2)16-8-7-14(6-4-3-5-9-20)11-15(16)19(22)26/h7-8,11,13H,3-6,9-10,12,20H2,1-2H3,(H,24,25). The minimum absolute atomic E-state index is 0.121. The van der Waals surface area contributed by atoms with Gasteiger partial charge in [0.25, 0.3) is 5.91 Å². The van der Waals surface area contributed by atoms with E-state index in [1.165, 1.54) is 9.80 Å². The van der Waals surface area contributed by atoms with E-state index in [0.717, 1.165) is 31.2 Å². The number of fused-ring (bicyclic) bond motifs is 1. The Hall–Kier alpha value is -2.41. The molecule has 1 atom stereocenters. The van der Waals surface area contributed by atoms with Gasteiger partial charge in [0.05, 0.1) is 17.7 Å². The zero-order valence-corrected chi connectivity index (χ0v) is 15.4. The number of rotatable bonds is 8. The van der Waals surface area contributed by atoms with Crippen LogP contribution in [0.3, 0.4) is 0 Å². The first kappa shape index (κ1) is 19.9. The number of aliphatic carboxylic acids is 1. The molecule has 0 aliphatic carbocycles. The molecule has 1 aliphatic rings. The zero-order chi connectivity index (χ0) is 19.3. The number of carboxylic acids is 1. The molecule has 1 aliphatic heterocycles. The Kier molecular flexibility index (Phi) is 6.74. The van der Waals surface area contributed by atoms with E-state index >= 15 is 0 Å². The van der Waals surface area contributed by atoms with Crippen molar-refractivity contribution in [1.29, 1.82) is 0 Å². The van der Waals surface area contributed by atoms with E-state index in [2.05, 4.69) is 0 Å². The number of aryl methyl sites for hydroxylation is 1. The van der Waals surface area contributed by atoms with Gasteiger partial charge in [-0.1, -0.05) is 12.5 Å². The molecule has 7 nitrogen and oxygen atoms in total. The molecule has 26 heavy (non-hydrogen) atoms. The quantitative estimate of drug-likeness (QED) is 0.685. The molecule has 0 spiro atoms. The highest BCUT2D eigenvalue weighted by molar-refractivity contribution is 6.09. The molecule has 142 valence electrons. The van der Waals surface area contributed by atoms with E-state index in [4.69, 9.17) is 10.8 Å². The minimum Gasteiger partial charge on any atom is -0.481 e. The summed E-state index contributed by atoms with van der Waals surface area (Å²) in [5.41, 5.74) is 7.56. The van der Waals surface area contributed by atoms with Gasteiger partial charge in [-0.25, -0.2) is 0 Å². The van der Waals surface area contributed by atoms with Crippen LogP contribution in [0, 0.1) is 0 Å². The Morgan fingerprint density at radius 1 is 1.27 bits per heavy atom. The van der Waals surface area contributed by atoms with Gasteiger partial charge in [0.1, 0.15) is 6.54 Å². The van der Waals surface area contributed by atoms with Crippen molar-refractivity contribution in [2.24, 2.45) is 5.73 Å². The van der Waals surface area contributed by atoms with Crippen LogP contribution in [0.25, 0.3) is 0 Å². The van der Waals surface area contributed by atoms with Gasteiger partial charge in [-0.3, -0.25) is 14.4 Å². The van der Waals surface area contributed by atoms with E-state index in [-0.39, 0.29) is 24.8 Å². The molecule has 0 radical (unpaired) electrons. The Morgan fingerprint density at radius 3 is 2.65 bits per heavy atom. The lowest BCUT2D eigenvalue weighted by atomic mass is 10.0. The number of hydrogen-bond acceptors (Lipinski definition) is 4. The van der Waals surface area contributed by atoms with Crippen molar-refractivity contribution in [3.8, 4) is 0 Å². The number of amides is 2. The molecule has 2 amide bonds. The van der Waals surface area contributed by atoms with Crippen LogP contribution in [0.5, 0.6) is 0 Å². The fraction of sp³-hybridized carbons (Fsp3) is 0.526. The highest BCUT2D eigenvalue weighted by atomic mass is 16.4. The topological polar surface area (TPSA) is 104 Å². The van der Waals surface area contributed by atoms with Crippen LogP contribution in [-0.2, 0) is 16.0 Å². The Morgan fingerprint density at radius 2 is 2.00 bits per heavy atom. The molecule has 0 saturated carbocycles. The molecule has 2 rings (SSSR count). The number of anilines is 1. The van der Waals surface area contributed by atoms with E-state index in [0.29, 0.717) is 17.8 Å². The largest absolute Gasteiger partial charge is 0.481 e. The Labute approximate surface area is 153 Å². The minimum atomic E-state index is -0.996. The lowest BCUT2D eigenvalue weighted by molar-refractivity contribution is -0.138. The van der Waals surface area contributed by atoms with Gasteiger partial charge in [-0.2, -0.15) is 0 Å². The lowest BCUT2D eigenvalue weighted by Gasteiger charge is -2.26. The van der Waals surface area contributed by atoms with Gasteiger partial charge in [0.15, 0.2) is 0 Å². The smallest absolute Gasteiger partial charge is 0.305 e. The molecule has 1 heterocycles. The number of carbonyl (C=O) groups is 3. The molecule has 0 saturated heterocycles. The maximum Gasteiger partial charge on any atom is 0.305 e. The van der Waals surface area contributed by atoms with Crippen LogP contribution in [-0.4, -0.2) is 54.0 Å². The summed E-state index contributed by atoms with van der Waals surface area (Å²) in [4.78, 5) is 39.3.